The molecule has 0 aromatic carbocycles. The fraction of sp³-hybridized carbons (Fsp3) is 1.00. The molecule has 1 aliphatic carbocycles. The van der Waals surface area contributed by atoms with Gasteiger partial charge in [0.15, 0.2) is 0 Å². The zero-order chi connectivity index (χ0) is 11.3. The van der Waals surface area contributed by atoms with Crippen LogP contribution in [0.4, 0.5) is 0 Å². The molecule has 0 aliphatic heterocycles. The van der Waals surface area contributed by atoms with Crippen LogP contribution in [0.3, 0.4) is 0 Å². The maximum atomic E-state index is 3.75. The van der Waals surface area contributed by atoms with Gasteiger partial charge in [-0.2, -0.15) is 11.8 Å². The van der Waals surface area contributed by atoms with Crippen LogP contribution in [-0.4, -0.2) is 23.6 Å². The quantitative estimate of drug-likeness (QED) is 0.670. The van der Waals surface area contributed by atoms with Crippen LogP contribution in [0.2, 0.25) is 0 Å². The number of hydrogen-bond acceptors (Lipinski definition) is 2. The van der Waals surface area contributed by atoms with Crippen LogP contribution in [0.15, 0.2) is 0 Å². The fourth-order valence-electron chi connectivity index (χ4n) is 2.23. The molecule has 1 N–H and O–H groups in total. The van der Waals surface area contributed by atoms with Crippen molar-refractivity contribution in [2.75, 3.05) is 11.5 Å². The van der Waals surface area contributed by atoms with Crippen molar-refractivity contribution in [3.8, 4) is 0 Å². The van der Waals surface area contributed by atoms with Crippen LogP contribution in [0, 0.1) is 11.8 Å². The van der Waals surface area contributed by atoms with Gasteiger partial charge >= 0.3 is 0 Å². The summed E-state index contributed by atoms with van der Waals surface area (Å²) in [6, 6.07) is 1.53. The van der Waals surface area contributed by atoms with Crippen LogP contribution in [-0.2, 0) is 0 Å². The lowest BCUT2D eigenvalue weighted by molar-refractivity contribution is 0.159. The van der Waals surface area contributed by atoms with E-state index in [1.54, 1.807) is 0 Å². The van der Waals surface area contributed by atoms with Gasteiger partial charge < -0.3 is 5.32 Å². The third kappa shape index (κ3) is 4.78. The summed E-state index contributed by atoms with van der Waals surface area (Å²) in [7, 11) is 0. The van der Waals surface area contributed by atoms with Crippen molar-refractivity contribution in [2.24, 2.45) is 11.8 Å². The first-order valence-corrected chi connectivity index (χ1v) is 7.62. The van der Waals surface area contributed by atoms with E-state index in [9.17, 15) is 0 Å². The van der Waals surface area contributed by atoms with Gasteiger partial charge in [0.05, 0.1) is 0 Å². The predicted octanol–water partition coefficient (Wildman–Crippen LogP) is 3.54. The Balaban J connectivity index is 2.00. The number of rotatable bonds is 7. The molecule has 0 saturated heterocycles. The molecule has 2 heteroatoms. The van der Waals surface area contributed by atoms with Gasteiger partial charge in [0.2, 0.25) is 0 Å². The summed E-state index contributed by atoms with van der Waals surface area (Å²) in [5, 5.41) is 3.75. The minimum atomic E-state index is 0.710. The summed E-state index contributed by atoms with van der Waals surface area (Å²) >= 11 is 2.05. The van der Waals surface area contributed by atoms with Crippen molar-refractivity contribution < 1.29 is 0 Å². The minimum absolute atomic E-state index is 0.710. The molecule has 0 bridgehead atoms. The molecule has 1 atom stereocenters. The molecule has 1 fully saturated rings. The highest BCUT2D eigenvalue weighted by atomic mass is 32.2. The Morgan fingerprint density at radius 1 is 1.27 bits per heavy atom. The van der Waals surface area contributed by atoms with E-state index in [-0.39, 0.29) is 0 Å². The van der Waals surface area contributed by atoms with Crippen LogP contribution in [0.1, 0.15) is 47.0 Å². The summed E-state index contributed by atoms with van der Waals surface area (Å²) in [5.74, 6) is 4.44. The minimum Gasteiger partial charge on any atom is -0.311 e. The standard InChI is InChI=1S/C13H27NS/c1-5-15-7-6-11(4)14-13-8-12(9-13)10(2)3/h10-14H,5-9H2,1-4H3. The van der Waals surface area contributed by atoms with Gasteiger partial charge in [0.1, 0.15) is 0 Å². The van der Waals surface area contributed by atoms with E-state index in [2.05, 4.69) is 44.8 Å². The van der Waals surface area contributed by atoms with Gasteiger partial charge in [-0.1, -0.05) is 20.8 Å². The number of hydrogen-bond donors (Lipinski definition) is 1. The third-order valence-electron chi connectivity index (χ3n) is 3.54. The Bertz CT molecular complexity index is 164. The summed E-state index contributed by atoms with van der Waals surface area (Å²) in [6.07, 6.45) is 4.13. The summed E-state index contributed by atoms with van der Waals surface area (Å²) in [6.45, 7) is 9.27. The molecule has 0 aromatic rings. The van der Waals surface area contributed by atoms with E-state index in [1.807, 2.05) is 0 Å². The van der Waals surface area contributed by atoms with E-state index in [0.29, 0.717) is 6.04 Å². The van der Waals surface area contributed by atoms with Gasteiger partial charge in [0, 0.05) is 12.1 Å². The maximum Gasteiger partial charge on any atom is 0.00750 e. The zero-order valence-electron chi connectivity index (χ0n) is 10.8. The normalized spacial score (nSPS) is 27.8. The van der Waals surface area contributed by atoms with Crippen molar-refractivity contribution in [1.29, 1.82) is 0 Å². The van der Waals surface area contributed by atoms with Crippen LogP contribution < -0.4 is 5.32 Å². The van der Waals surface area contributed by atoms with Gasteiger partial charge in [-0.05, 0) is 49.5 Å². The number of thioether (sulfide) groups is 1. The molecule has 1 nitrogen and oxygen atoms in total. The predicted molar refractivity (Wildman–Crippen MR) is 71.6 cm³/mol. The summed E-state index contributed by atoms with van der Waals surface area (Å²) in [5.41, 5.74) is 0. The molecule has 15 heavy (non-hydrogen) atoms. The second-order valence-electron chi connectivity index (χ2n) is 5.23. The van der Waals surface area contributed by atoms with Crippen molar-refractivity contribution >= 4 is 11.8 Å². The zero-order valence-corrected chi connectivity index (χ0v) is 11.6. The van der Waals surface area contributed by atoms with E-state index < -0.39 is 0 Å². The second-order valence-corrected chi connectivity index (χ2v) is 6.62. The molecule has 90 valence electrons. The summed E-state index contributed by atoms with van der Waals surface area (Å²) < 4.78 is 0. The van der Waals surface area contributed by atoms with Crippen molar-refractivity contribution in [3.05, 3.63) is 0 Å². The molecule has 1 unspecified atom stereocenters. The number of nitrogens with one attached hydrogen (secondary N) is 1. The van der Waals surface area contributed by atoms with E-state index >= 15 is 0 Å². The third-order valence-corrected chi connectivity index (χ3v) is 4.47. The first-order chi connectivity index (χ1) is 7.13. The van der Waals surface area contributed by atoms with Crippen molar-refractivity contribution in [2.45, 2.75) is 59.0 Å². The molecule has 0 heterocycles. The lowest BCUT2D eigenvalue weighted by Crippen LogP contribution is -2.46. The molecule has 1 rings (SSSR count). The Morgan fingerprint density at radius 2 is 1.93 bits per heavy atom. The van der Waals surface area contributed by atoms with Crippen molar-refractivity contribution in [1.82, 2.24) is 5.32 Å². The molecule has 0 aromatic heterocycles. The van der Waals surface area contributed by atoms with E-state index in [1.165, 1.54) is 30.8 Å². The molecule has 0 spiro atoms. The lowest BCUT2D eigenvalue weighted by atomic mass is 9.73. The van der Waals surface area contributed by atoms with Gasteiger partial charge in [-0.15, -0.1) is 0 Å². The molecule has 0 radical (unpaired) electrons. The molecular formula is C13H27NS. The van der Waals surface area contributed by atoms with Crippen LogP contribution >= 0.6 is 11.8 Å². The molecule has 1 aliphatic rings. The van der Waals surface area contributed by atoms with E-state index in [4.69, 9.17) is 0 Å². The topological polar surface area (TPSA) is 12.0 Å². The van der Waals surface area contributed by atoms with Gasteiger partial charge in [-0.3, -0.25) is 0 Å². The summed E-state index contributed by atoms with van der Waals surface area (Å²) in [4.78, 5) is 0. The molecular weight excluding hydrogens is 202 g/mol. The first-order valence-electron chi connectivity index (χ1n) is 6.47. The van der Waals surface area contributed by atoms with Crippen LogP contribution in [0.25, 0.3) is 0 Å². The Morgan fingerprint density at radius 3 is 2.47 bits per heavy atom. The largest absolute Gasteiger partial charge is 0.311 e. The second kappa shape index (κ2) is 6.80. The van der Waals surface area contributed by atoms with Gasteiger partial charge in [0.25, 0.3) is 0 Å². The first kappa shape index (κ1) is 13.4. The lowest BCUT2D eigenvalue weighted by Gasteiger charge is -2.40. The monoisotopic (exact) mass is 229 g/mol. The average Bonchev–Trinajstić information content (AvgIpc) is 2.10. The van der Waals surface area contributed by atoms with Crippen molar-refractivity contribution in [3.63, 3.8) is 0 Å². The average molecular weight is 229 g/mol. The Kier molecular flexibility index (Phi) is 6.06. The Hall–Kier alpha value is 0.310. The highest BCUT2D eigenvalue weighted by molar-refractivity contribution is 7.99. The SMILES string of the molecule is CCSCCC(C)NC1CC(C(C)C)C1. The molecule has 1 saturated carbocycles. The Labute approximate surface area is 99.8 Å². The highest BCUT2D eigenvalue weighted by Crippen LogP contribution is 2.33. The maximum absolute atomic E-state index is 3.75. The van der Waals surface area contributed by atoms with E-state index in [0.717, 1.165) is 17.9 Å². The van der Waals surface area contributed by atoms with Gasteiger partial charge in [-0.25, -0.2) is 0 Å². The smallest absolute Gasteiger partial charge is 0.00750 e. The van der Waals surface area contributed by atoms with Crippen LogP contribution in [0.5, 0.6) is 0 Å². The molecule has 0 amide bonds. The highest BCUT2D eigenvalue weighted by Gasteiger charge is 2.31. The fourth-order valence-corrected chi connectivity index (χ4v) is 3.04.